The van der Waals surface area contributed by atoms with Crippen LogP contribution in [0.4, 0.5) is 0 Å². The van der Waals surface area contributed by atoms with Gasteiger partial charge in [-0.05, 0) is 114 Å². The lowest BCUT2D eigenvalue weighted by atomic mass is 9.95. The second-order valence-electron chi connectivity index (χ2n) is 12.6. The Kier molecular flexibility index (Phi) is 5.64. The number of hydrogen-bond acceptors (Lipinski definition) is 0. The first-order valence-corrected chi connectivity index (χ1v) is 16.3. The summed E-state index contributed by atoms with van der Waals surface area (Å²) in [4.78, 5) is 0. The van der Waals surface area contributed by atoms with Crippen LogP contribution in [0, 0.1) is 0 Å². The van der Waals surface area contributed by atoms with Crippen LogP contribution < -0.4 is 0 Å². The Morgan fingerprint density at radius 3 is 1.43 bits per heavy atom. The molecule has 0 aliphatic heterocycles. The second-order valence-corrected chi connectivity index (χ2v) is 12.6. The summed E-state index contributed by atoms with van der Waals surface area (Å²) in [5.41, 5.74) is 8.58. The van der Waals surface area contributed by atoms with Crippen LogP contribution in [0.15, 0.2) is 176 Å². The summed E-state index contributed by atoms with van der Waals surface area (Å²) in [7, 11) is 0. The van der Waals surface area contributed by atoms with E-state index in [0.29, 0.717) is 0 Å². The first kappa shape index (κ1) is 26.1. The summed E-state index contributed by atoms with van der Waals surface area (Å²) in [6.45, 7) is 0. The van der Waals surface area contributed by atoms with E-state index in [1.807, 2.05) is 0 Å². The molecule has 0 bridgehead atoms. The Labute approximate surface area is 272 Å². The summed E-state index contributed by atoms with van der Waals surface area (Å²) in [6, 6.07) is 64.7. The van der Waals surface area contributed by atoms with Crippen molar-refractivity contribution >= 4 is 64.9 Å². The number of aromatic nitrogens is 1. The first-order chi connectivity index (χ1) is 23.3. The van der Waals surface area contributed by atoms with Gasteiger partial charge in [0.25, 0.3) is 0 Å². The molecule has 0 fully saturated rings. The lowest BCUT2D eigenvalue weighted by Gasteiger charge is -2.11. The smallest absolute Gasteiger partial charge is 0.0547 e. The zero-order valence-electron chi connectivity index (χ0n) is 25.7. The molecule has 10 aromatic rings. The van der Waals surface area contributed by atoms with Gasteiger partial charge < -0.3 is 4.57 Å². The third kappa shape index (κ3) is 4.17. The number of fused-ring (bicyclic) bond motifs is 8. The molecule has 9 aromatic carbocycles. The van der Waals surface area contributed by atoms with E-state index in [0.717, 1.165) is 0 Å². The molecule has 10 rings (SSSR count). The van der Waals surface area contributed by atoms with E-state index in [2.05, 4.69) is 180 Å². The van der Waals surface area contributed by atoms with Crippen LogP contribution in [-0.2, 0) is 0 Å². The van der Waals surface area contributed by atoms with E-state index >= 15 is 0 Å². The van der Waals surface area contributed by atoms with Gasteiger partial charge in [0, 0.05) is 16.5 Å². The standard InChI is InChI=1S/C46H29N/c1-3-9-33-25-35(15-13-30(33)7-1)36-17-18-38-27-39(20-19-37(38)26-36)40-16-14-32-22-24-45-46(43(32)29-40)42-11-5-6-12-44(42)47(45)41-23-21-31-8-2-4-10-34(31)28-41/h1-29H. The van der Waals surface area contributed by atoms with E-state index in [1.165, 1.54) is 92.8 Å². The normalized spacial score (nSPS) is 11.8. The van der Waals surface area contributed by atoms with Gasteiger partial charge in [0.1, 0.15) is 0 Å². The molecule has 218 valence electrons. The highest BCUT2D eigenvalue weighted by atomic mass is 15.0. The number of para-hydroxylation sites is 1. The minimum absolute atomic E-state index is 1.18. The number of nitrogens with zero attached hydrogens (tertiary/aromatic N) is 1. The van der Waals surface area contributed by atoms with Gasteiger partial charge in [0.05, 0.1) is 11.0 Å². The monoisotopic (exact) mass is 595 g/mol. The van der Waals surface area contributed by atoms with Crippen LogP contribution in [0.2, 0.25) is 0 Å². The Morgan fingerprint density at radius 1 is 0.277 bits per heavy atom. The molecule has 0 amide bonds. The Morgan fingerprint density at radius 2 is 0.745 bits per heavy atom. The fourth-order valence-corrected chi connectivity index (χ4v) is 7.53. The molecular formula is C46H29N. The van der Waals surface area contributed by atoms with Gasteiger partial charge >= 0.3 is 0 Å². The summed E-state index contributed by atoms with van der Waals surface area (Å²) in [5.74, 6) is 0. The quantitative estimate of drug-likeness (QED) is 0.191. The van der Waals surface area contributed by atoms with Crippen molar-refractivity contribution in [2.45, 2.75) is 0 Å². The number of hydrogen-bond donors (Lipinski definition) is 0. The zero-order chi connectivity index (χ0) is 30.9. The summed E-state index contributed by atoms with van der Waals surface area (Å²) in [6.07, 6.45) is 0. The van der Waals surface area contributed by atoms with Crippen molar-refractivity contribution in [3.8, 4) is 27.9 Å². The van der Waals surface area contributed by atoms with Crippen LogP contribution in [0.25, 0.3) is 92.8 Å². The van der Waals surface area contributed by atoms with Crippen molar-refractivity contribution in [1.29, 1.82) is 0 Å². The summed E-state index contributed by atoms with van der Waals surface area (Å²) < 4.78 is 2.42. The largest absolute Gasteiger partial charge is 0.309 e. The first-order valence-electron chi connectivity index (χ1n) is 16.3. The molecule has 1 heteroatoms. The van der Waals surface area contributed by atoms with Crippen LogP contribution in [-0.4, -0.2) is 4.57 Å². The molecule has 0 saturated heterocycles. The van der Waals surface area contributed by atoms with Gasteiger partial charge in [-0.1, -0.05) is 127 Å². The lowest BCUT2D eigenvalue weighted by Crippen LogP contribution is -1.93. The molecule has 1 aromatic heterocycles. The predicted octanol–water partition coefficient (Wildman–Crippen LogP) is 12.7. The van der Waals surface area contributed by atoms with Gasteiger partial charge in [-0.2, -0.15) is 0 Å². The van der Waals surface area contributed by atoms with E-state index < -0.39 is 0 Å². The van der Waals surface area contributed by atoms with Crippen LogP contribution in [0.3, 0.4) is 0 Å². The molecule has 1 nitrogen and oxygen atoms in total. The third-order valence-corrected chi connectivity index (χ3v) is 9.90. The molecule has 1 heterocycles. The molecule has 0 atom stereocenters. The highest BCUT2D eigenvalue weighted by Gasteiger charge is 2.16. The fourth-order valence-electron chi connectivity index (χ4n) is 7.53. The number of benzene rings is 9. The lowest BCUT2D eigenvalue weighted by molar-refractivity contribution is 1.19. The molecule has 0 aliphatic rings. The molecule has 0 N–H and O–H groups in total. The van der Waals surface area contributed by atoms with E-state index in [4.69, 9.17) is 0 Å². The molecule has 0 spiro atoms. The highest BCUT2D eigenvalue weighted by Crippen LogP contribution is 2.39. The maximum Gasteiger partial charge on any atom is 0.0547 e. The van der Waals surface area contributed by atoms with Crippen LogP contribution in [0.5, 0.6) is 0 Å². The van der Waals surface area contributed by atoms with Crippen molar-refractivity contribution in [2.75, 3.05) is 0 Å². The van der Waals surface area contributed by atoms with Crippen LogP contribution >= 0.6 is 0 Å². The fraction of sp³-hybridized carbons (Fsp3) is 0. The van der Waals surface area contributed by atoms with Crippen molar-refractivity contribution < 1.29 is 0 Å². The van der Waals surface area contributed by atoms with E-state index in [9.17, 15) is 0 Å². The molecule has 0 radical (unpaired) electrons. The van der Waals surface area contributed by atoms with Crippen molar-refractivity contribution in [3.63, 3.8) is 0 Å². The zero-order valence-corrected chi connectivity index (χ0v) is 25.7. The van der Waals surface area contributed by atoms with Crippen molar-refractivity contribution in [3.05, 3.63) is 176 Å². The maximum absolute atomic E-state index is 2.42. The molecule has 0 unspecified atom stereocenters. The number of rotatable bonds is 3. The van der Waals surface area contributed by atoms with Gasteiger partial charge in [-0.3, -0.25) is 0 Å². The van der Waals surface area contributed by atoms with Crippen molar-refractivity contribution in [1.82, 2.24) is 4.57 Å². The second kappa shape index (κ2) is 10.2. The summed E-state index contributed by atoms with van der Waals surface area (Å²) in [5, 5.41) is 12.7. The van der Waals surface area contributed by atoms with Gasteiger partial charge in [0.2, 0.25) is 0 Å². The van der Waals surface area contributed by atoms with Crippen LogP contribution in [0.1, 0.15) is 0 Å². The minimum atomic E-state index is 1.18. The average Bonchev–Trinajstić information content (AvgIpc) is 3.48. The molecular weight excluding hydrogens is 567 g/mol. The minimum Gasteiger partial charge on any atom is -0.309 e. The van der Waals surface area contributed by atoms with Gasteiger partial charge in [-0.15, -0.1) is 0 Å². The van der Waals surface area contributed by atoms with Gasteiger partial charge in [0.15, 0.2) is 0 Å². The topological polar surface area (TPSA) is 4.93 Å². The maximum atomic E-state index is 2.42. The molecule has 0 saturated carbocycles. The van der Waals surface area contributed by atoms with Crippen molar-refractivity contribution in [2.24, 2.45) is 0 Å². The average molecular weight is 596 g/mol. The summed E-state index contributed by atoms with van der Waals surface area (Å²) >= 11 is 0. The molecule has 47 heavy (non-hydrogen) atoms. The Hall–Kier alpha value is -6.18. The third-order valence-electron chi connectivity index (χ3n) is 9.90. The SMILES string of the molecule is c1ccc2cc(-c3ccc4cc(-c5ccc6ccc7c(c6c5)c5ccccc5n7-c5ccc6ccccc6c5)ccc4c3)ccc2c1. The Bertz CT molecular complexity index is 2850. The highest BCUT2D eigenvalue weighted by molar-refractivity contribution is 6.22. The van der Waals surface area contributed by atoms with E-state index in [-0.39, 0.29) is 0 Å². The van der Waals surface area contributed by atoms with E-state index in [1.54, 1.807) is 0 Å². The Balaban J connectivity index is 1.11. The predicted molar refractivity (Wildman–Crippen MR) is 202 cm³/mol. The van der Waals surface area contributed by atoms with Gasteiger partial charge in [-0.25, -0.2) is 0 Å². The molecule has 0 aliphatic carbocycles.